The van der Waals surface area contributed by atoms with E-state index in [4.69, 9.17) is 0 Å². The number of benzene rings is 4. The molecule has 6 atom stereocenters. The number of carbonyl (C=O) groups excluding carboxylic acids is 4. The maximum atomic E-state index is 14.4. The van der Waals surface area contributed by atoms with Crippen LogP contribution in [0.4, 0.5) is 11.4 Å². The number of aromatic hydroxyl groups is 1. The van der Waals surface area contributed by atoms with Gasteiger partial charge in [0.2, 0.25) is 23.6 Å². The Labute approximate surface area is 275 Å². The van der Waals surface area contributed by atoms with Gasteiger partial charge in [0.15, 0.2) is 0 Å². The number of hydrogen-bond acceptors (Lipinski definition) is 5. The Balaban J connectivity index is 1.29. The maximum Gasteiger partial charge on any atom is 0.238 e. The summed E-state index contributed by atoms with van der Waals surface area (Å²) in [5.41, 5.74) is 2.42. The average molecular weight is 726 g/mol. The monoisotopic (exact) mass is 724 g/mol. The first-order valence-corrected chi connectivity index (χ1v) is 16.5. The van der Waals surface area contributed by atoms with Gasteiger partial charge in [-0.15, -0.1) is 0 Å². The van der Waals surface area contributed by atoms with E-state index in [1.165, 1.54) is 9.80 Å². The van der Waals surface area contributed by atoms with Crippen molar-refractivity contribution in [2.75, 3.05) is 9.80 Å². The molecule has 224 valence electrons. The Kier molecular flexibility index (Phi) is 6.62. The predicted octanol–water partition coefficient (Wildman–Crippen LogP) is 7.12. The van der Waals surface area contributed by atoms with Gasteiger partial charge in [-0.1, -0.05) is 73.8 Å². The van der Waals surface area contributed by atoms with Crippen LogP contribution in [0.5, 0.6) is 5.75 Å². The molecule has 0 aromatic heterocycles. The Bertz CT molecular complexity index is 1970. The van der Waals surface area contributed by atoms with Crippen LogP contribution in [-0.4, -0.2) is 28.7 Å². The number of nitrogens with zero attached hydrogens (tertiary/aromatic N) is 2. The number of halogens is 2. The van der Waals surface area contributed by atoms with E-state index in [9.17, 15) is 24.3 Å². The van der Waals surface area contributed by atoms with Crippen molar-refractivity contribution >= 4 is 77.6 Å². The molecule has 4 amide bonds. The van der Waals surface area contributed by atoms with E-state index in [1.807, 2.05) is 36.4 Å². The van der Waals surface area contributed by atoms with Gasteiger partial charge in [-0.2, -0.15) is 0 Å². The van der Waals surface area contributed by atoms with E-state index >= 15 is 0 Å². The first-order chi connectivity index (χ1) is 21.7. The lowest BCUT2D eigenvalue weighted by Crippen LogP contribution is -2.43. The largest absolute Gasteiger partial charge is 0.508 e. The highest BCUT2D eigenvalue weighted by Gasteiger charge is 2.62. The fourth-order valence-corrected chi connectivity index (χ4v) is 8.74. The van der Waals surface area contributed by atoms with Crippen LogP contribution in [-0.2, 0) is 19.2 Å². The molecule has 9 heteroatoms. The molecule has 0 spiro atoms. The van der Waals surface area contributed by atoms with Gasteiger partial charge >= 0.3 is 0 Å². The zero-order chi connectivity index (χ0) is 31.1. The van der Waals surface area contributed by atoms with Crippen LogP contribution >= 0.6 is 31.9 Å². The number of rotatable bonds is 3. The SMILES string of the molecule is O=C1[C@H]2[C@H](CC=C3[C@H]2C[C@H]2C(=O)N(c4ccc(Br)cc4)C(=O)[C@H]2[C@H]3c2c(O)ccc3ccccc23)C(=O)N1c1ccc(Br)cc1. The quantitative estimate of drug-likeness (QED) is 0.179. The molecule has 2 aliphatic heterocycles. The van der Waals surface area contributed by atoms with Gasteiger partial charge < -0.3 is 5.11 Å². The lowest BCUT2D eigenvalue weighted by Gasteiger charge is -2.44. The summed E-state index contributed by atoms with van der Waals surface area (Å²) in [4.78, 5) is 59.2. The topological polar surface area (TPSA) is 95.0 Å². The van der Waals surface area contributed by atoms with E-state index in [0.29, 0.717) is 23.4 Å². The lowest BCUT2D eigenvalue weighted by atomic mass is 9.56. The van der Waals surface area contributed by atoms with E-state index in [0.717, 1.165) is 25.3 Å². The molecular formula is C36H26Br2N2O5. The van der Waals surface area contributed by atoms with Crippen molar-refractivity contribution in [2.24, 2.45) is 29.6 Å². The third kappa shape index (κ3) is 4.20. The number of anilines is 2. The molecule has 2 heterocycles. The molecule has 3 fully saturated rings. The van der Waals surface area contributed by atoms with Gasteiger partial charge in [-0.25, -0.2) is 0 Å². The zero-order valence-electron chi connectivity index (χ0n) is 23.8. The summed E-state index contributed by atoms with van der Waals surface area (Å²) >= 11 is 6.85. The number of phenols is 1. The van der Waals surface area contributed by atoms with Crippen LogP contribution in [0, 0.1) is 29.6 Å². The second-order valence-electron chi connectivity index (χ2n) is 12.2. The van der Waals surface area contributed by atoms with Gasteiger partial charge in [0.05, 0.1) is 35.0 Å². The van der Waals surface area contributed by atoms with E-state index < -0.39 is 35.5 Å². The molecule has 0 bridgehead atoms. The summed E-state index contributed by atoms with van der Waals surface area (Å²) in [7, 11) is 0. The molecule has 4 aromatic rings. The minimum atomic E-state index is -0.772. The minimum Gasteiger partial charge on any atom is -0.508 e. The number of imide groups is 2. The minimum absolute atomic E-state index is 0.0359. The number of fused-ring (bicyclic) bond motifs is 5. The average Bonchev–Trinajstić information content (AvgIpc) is 3.45. The molecular weight excluding hydrogens is 700 g/mol. The second kappa shape index (κ2) is 10.5. The molecule has 7 nitrogen and oxygen atoms in total. The Morgan fingerprint density at radius 1 is 0.622 bits per heavy atom. The van der Waals surface area contributed by atoms with Gasteiger partial charge in [0.25, 0.3) is 0 Å². The van der Waals surface area contributed by atoms with Gasteiger partial charge in [-0.05, 0) is 84.1 Å². The number of allylic oxidation sites excluding steroid dienone is 2. The van der Waals surface area contributed by atoms with Crippen LogP contribution < -0.4 is 9.80 Å². The van der Waals surface area contributed by atoms with E-state index in [-0.39, 0.29) is 35.8 Å². The Morgan fingerprint density at radius 3 is 1.84 bits per heavy atom. The molecule has 4 aliphatic rings. The van der Waals surface area contributed by atoms with Crippen LogP contribution in [0.1, 0.15) is 24.3 Å². The lowest BCUT2D eigenvalue weighted by molar-refractivity contribution is -0.126. The molecule has 0 radical (unpaired) electrons. The number of amides is 4. The van der Waals surface area contributed by atoms with Crippen molar-refractivity contribution in [1.29, 1.82) is 0 Å². The highest BCUT2D eigenvalue weighted by Crippen LogP contribution is 2.60. The summed E-state index contributed by atoms with van der Waals surface area (Å²) in [5, 5.41) is 13.1. The van der Waals surface area contributed by atoms with Gasteiger partial charge in [-0.3, -0.25) is 29.0 Å². The summed E-state index contributed by atoms with van der Waals surface area (Å²) in [6, 6.07) is 25.3. The van der Waals surface area contributed by atoms with Gasteiger partial charge in [0.1, 0.15) is 5.75 Å². The standard InChI is InChI=1S/C36H26Br2N2O5/c37-19-6-10-21(11-7-19)39-33(42)25-15-14-24-26(29(25)35(39)44)17-27-32(36(45)40(34(27)43)22-12-8-20(38)9-13-22)31(24)30-23-4-2-1-3-18(23)5-16-28(30)41/h1-14,16,25-27,29,31-32,41H,15,17H2/t25-,26+,27+,29-,31+,32+/m0/s1. The zero-order valence-corrected chi connectivity index (χ0v) is 26.9. The van der Waals surface area contributed by atoms with Gasteiger partial charge in [0, 0.05) is 20.4 Å². The number of hydrogen-bond donors (Lipinski definition) is 1. The van der Waals surface area contributed by atoms with Crippen LogP contribution in [0.25, 0.3) is 10.8 Å². The van der Waals surface area contributed by atoms with Crippen LogP contribution in [0.2, 0.25) is 0 Å². The molecule has 4 aromatic carbocycles. The first kappa shape index (κ1) is 28.4. The van der Waals surface area contributed by atoms with E-state index in [1.54, 1.807) is 54.6 Å². The third-order valence-corrected chi connectivity index (χ3v) is 11.1. The molecule has 45 heavy (non-hydrogen) atoms. The number of carbonyl (C=O) groups is 4. The van der Waals surface area contributed by atoms with Crippen molar-refractivity contribution in [2.45, 2.75) is 18.8 Å². The summed E-state index contributed by atoms with van der Waals surface area (Å²) in [6.45, 7) is 0. The third-order valence-electron chi connectivity index (χ3n) is 10.1. The summed E-state index contributed by atoms with van der Waals surface area (Å²) in [5.74, 6) is -4.99. The second-order valence-corrected chi connectivity index (χ2v) is 14.1. The van der Waals surface area contributed by atoms with Crippen molar-refractivity contribution in [3.05, 3.63) is 111 Å². The molecule has 0 unspecified atom stereocenters. The Morgan fingerprint density at radius 2 is 1.20 bits per heavy atom. The van der Waals surface area contributed by atoms with E-state index in [2.05, 4.69) is 31.9 Å². The number of phenolic OH excluding ortho intramolecular Hbond substituents is 1. The summed E-state index contributed by atoms with van der Waals surface area (Å²) in [6.07, 6.45) is 2.61. The highest BCUT2D eigenvalue weighted by atomic mass is 79.9. The van der Waals surface area contributed by atoms with Crippen molar-refractivity contribution in [1.82, 2.24) is 0 Å². The molecule has 1 N–H and O–H groups in total. The van der Waals surface area contributed by atoms with Crippen LogP contribution in [0.3, 0.4) is 0 Å². The highest BCUT2D eigenvalue weighted by molar-refractivity contribution is 9.10. The molecule has 2 saturated heterocycles. The smallest absolute Gasteiger partial charge is 0.238 e. The fourth-order valence-electron chi connectivity index (χ4n) is 8.21. The predicted molar refractivity (Wildman–Crippen MR) is 176 cm³/mol. The maximum absolute atomic E-state index is 14.4. The first-order valence-electron chi connectivity index (χ1n) is 14.9. The summed E-state index contributed by atoms with van der Waals surface area (Å²) < 4.78 is 1.66. The molecule has 2 aliphatic carbocycles. The molecule has 8 rings (SSSR count). The Hall–Kier alpha value is -4.08. The van der Waals surface area contributed by atoms with Crippen LogP contribution in [0.15, 0.2) is 106 Å². The van der Waals surface area contributed by atoms with Crippen molar-refractivity contribution in [3.63, 3.8) is 0 Å². The normalized spacial score (nSPS) is 27.5. The fraction of sp³-hybridized carbons (Fsp3) is 0.222. The van der Waals surface area contributed by atoms with Crippen molar-refractivity contribution in [3.8, 4) is 5.75 Å². The van der Waals surface area contributed by atoms with Crippen molar-refractivity contribution < 1.29 is 24.3 Å². The molecule has 1 saturated carbocycles.